The summed E-state index contributed by atoms with van der Waals surface area (Å²) in [6.07, 6.45) is -1.00. The van der Waals surface area contributed by atoms with Gasteiger partial charge in [-0.15, -0.1) is 0 Å². The summed E-state index contributed by atoms with van der Waals surface area (Å²) in [7, 11) is 0. The van der Waals surface area contributed by atoms with Crippen molar-refractivity contribution < 1.29 is 19.5 Å². The Morgan fingerprint density at radius 2 is 2.00 bits per heavy atom. The number of benzene rings is 1. The Balaban J connectivity index is 2.29. The zero-order valence-electron chi connectivity index (χ0n) is 10.7. The molecule has 0 fully saturated rings. The molecule has 0 spiro atoms. The molecule has 106 valence electrons. The summed E-state index contributed by atoms with van der Waals surface area (Å²) in [5, 5.41) is 9.26. The van der Waals surface area contributed by atoms with Gasteiger partial charge in [0.2, 0.25) is 5.91 Å². The number of aliphatic carboxylic acids is 1. The summed E-state index contributed by atoms with van der Waals surface area (Å²) in [5.41, 5.74) is 12.0. The Bertz CT molecular complexity index is 572. The normalized spacial score (nSPS) is 18.8. The third-order valence-corrected chi connectivity index (χ3v) is 3.33. The molecule has 20 heavy (non-hydrogen) atoms. The summed E-state index contributed by atoms with van der Waals surface area (Å²) in [6.45, 7) is 0. The summed E-state index contributed by atoms with van der Waals surface area (Å²) in [5.74, 6) is -2.26. The molecule has 7 nitrogen and oxygen atoms in total. The Kier molecular flexibility index (Phi) is 3.71. The van der Waals surface area contributed by atoms with E-state index in [0.717, 1.165) is 4.90 Å². The lowest BCUT2D eigenvalue weighted by atomic mass is 10.1. The average molecular weight is 277 g/mol. The zero-order chi connectivity index (χ0) is 14.9. The van der Waals surface area contributed by atoms with Crippen LogP contribution in [0.4, 0.5) is 0 Å². The molecule has 1 heterocycles. The molecule has 1 aliphatic heterocycles. The fourth-order valence-electron chi connectivity index (χ4n) is 2.36. The molecule has 0 saturated carbocycles. The van der Waals surface area contributed by atoms with E-state index in [2.05, 4.69) is 0 Å². The van der Waals surface area contributed by atoms with Crippen LogP contribution in [0.1, 0.15) is 34.9 Å². The highest BCUT2D eigenvalue weighted by Crippen LogP contribution is 2.32. The Morgan fingerprint density at radius 1 is 1.35 bits per heavy atom. The molecule has 0 saturated heterocycles. The van der Waals surface area contributed by atoms with Crippen LogP contribution in [-0.2, 0) is 9.59 Å². The van der Waals surface area contributed by atoms with Crippen LogP contribution < -0.4 is 11.5 Å². The van der Waals surface area contributed by atoms with Gasteiger partial charge in [0.15, 0.2) is 0 Å². The van der Waals surface area contributed by atoms with E-state index in [-0.39, 0.29) is 12.8 Å². The van der Waals surface area contributed by atoms with Gasteiger partial charge in [0.05, 0.1) is 0 Å². The van der Waals surface area contributed by atoms with Crippen molar-refractivity contribution in [2.75, 3.05) is 0 Å². The summed E-state index contributed by atoms with van der Waals surface area (Å²) in [6, 6.07) is 5.54. The van der Waals surface area contributed by atoms with E-state index in [4.69, 9.17) is 11.5 Å². The quantitative estimate of drug-likeness (QED) is 0.688. The highest BCUT2D eigenvalue weighted by atomic mass is 16.4. The van der Waals surface area contributed by atoms with E-state index >= 15 is 0 Å². The predicted octanol–water partition coefficient (Wildman–Crippen LogP) is -0.182. The highest BCUT2D eigenvalue weighted by molar-refractivity contribution is 6.01. The topological polar surface area (TPSA) is 127 Å². The zero-order valence-corrected chi connectivity index (χ0v) is 10.7. The minimum absolute atomic E-state index is 0.0574. The Hall–Kier alpha value is -2.41. The summed E-state index contributed by atoms with van der Waals surface area (Å²) >= 11 is 0. The van der Waals surface area contributed by atoms with Crippen LogP contribution in [-0.4, -0.2) is 33.8 Å². The second-order valence-electron chi connectivity index (χ2n) is 4.60. The van der Waals surface area contributed by atoms with Crippen molar-refractivity contribution in [1.29, 1.82) is 0 Å². The lowest BCUT2D eigenvalue weighted by Crippen LogP contribution is -2.46. The number of carbonyl (C=O) groups is 3. The molecule has 0 aromatic heterocycles. The monoisotopic (exact) mass is 277 g/mol. The first kappa shape index (κ1) is 14.0. The number of fused-ring (bicyclic) bond motifs is 1. The number of amides is 2. The van der Waals surface area contributed by atoms with Crippen LogP contribution in [0.3, 0.4) is 0 Å². The van der Waals surface area contributed by atoms with E-state index < -0.39 is 30.0 Å². The van der Waals surface area contributed by atoms with Crippen LogP contribution in [0.15, 0.2) is 24.3 Å². The van der Waals surface area contributed by atoms with Gasteiger partial charge >= 0.3 is 5.97 Å². The first-order valence-electron chi connectivity index (χ1n) is 6.11. The van der Waals surface area contributed by atoms with E-state index in [9.17, 15) is 19.5 Å². The van der Waals surface area contributed by atoms with Gasteiger partial charge in [-0.2, -0.15) is 0 Å². The number of carbonyl (C=O) groups excluding carboxylic acids is 2. The lowest BCUT2D eigenvalue weighted by Gasteiger charge is -2.28. The van der Waals surface area contributed by atoms with Gasteiger partial charge in [0.1, 0.15) is 12.2 Å². The number of carboxylic acids is 1. The lowest BCUT2D eigenvalue weighted by molar-refractivity contribution is -0.143. The second-order valence-corrected chi connectivity index (χ2v) is 4.60. The van der Waals surface area contributed by atoms with Crippen molar-refractivity contribution in [3.63, 3.8) is 0 Å². The van der Waals surface area contributed by atoms with E-state index in [1.54, 1.807) is 24.3 Å². The molecule has 2 atom stereocenters. The maximum Gasteiger partial charge on any atom is 0.326 e. The van der Waals surface area contributed by atoms with Crippen molar-refractivity contribution in [2.24, 2.45) is 11.5 Å². The van der Waals surface area contributed by atoms with Crippen LogP contribution in [0, 0.1) is 0 Å². The third kappa shape index (κ3) is 2.35. The summed E-state index contributed by atoms with van der Waals surface area (Å²) in [4.78, 5) is 35.5. The molecule has 0 bridgehead atoms. The van der Waals surface area contributed by atoms with Crippen molar-refractivity contribution >= 4 is 17.8 Å². The minimum Gasteiger partial charge on any atom is -0.480 e. The molecular formula is C13H15N3O4. The maximum atomic E-state index is 12.3. The minimum atomic E-state index is -1.21. The van der Waals surface area contributed by atoms with Crippen molar-refractivity contribution in [3.05, 3.63) is 35.4 Å². The molecule has 1 aromatic carbocycles. The first-order valence-corrected chi connectivity index (χ1v) is 6.11. The molecule has 1 aliphatic rings. The van der Waals surface area contributed by atoms with E-state index in [0.29, 0.717) is 11.1 Å². The molecule has 0 aliphatic carbocycles. The highest BCUT2D eigenvalue weighted by Gasteiger charge is 2.41. The molecule has 0 radical (unpaired) electrons. The number of carboxylic acid groups (broad SMARTS) is 1. The van der Waals surface area contributed by atoms with Crippen LogP contribution in [0.5, 0.6) is 0 Å². The smallest absolute Gasteiger partial charge is 0.326 e. The number of rotatable bonds is 5. The molecule has 2 unspecified atom stereocenters. The fourth-order valence-corrected chi connectivity index (χ4v) is 2.36. The predicted molar refractivity (Wildman–Crippen MR) is 69.4 cm³/mol. The number of nitrogens with zero attached hydrogens (tertiary/aromatic N) is 1. The number of primary amides is 1. The molecule has 5 N–H and O–H groups in total. The third-order valence-electron chi connectivity index (χ3n) is 3.33. The van der Waals surface area contributed by atoms with Crippen LogP contribution in [0.2, 0.25) is 0 Å². The van der Waals surface area contributed by atoms with Gasteiger partial charge in [-0.25, -0.2) is 4.79 Å². The van der Waals surface area contributed by atoms with Gasteiger partial charge in [0.25, 0.3) is 5.91 Å². The van der Waals surface area contributed by atoms with Crippen molar-refractivity contribution in [3.8, 4) is 0 Å². The maximum absolute atomic E-state index is 12.3. The molecule has 7 heteroatoms. The number of hydrogen-bond donors (Lipinski definition) is 3. The van der Waals surface area contributed by atoms with Gasteiger partial charge in [0, 0.05) is 17.5 Å². The molecular weight excluding hydrogens is 262 g/mol. The second kappa shape index (κ2) is 5.30. The van der Waals surface area contributed by atoms with Crippen molar-refractivity contribution in [2.45, 2.75) is 25.0 Å². The summed E-state index contributed by atoms with van der Waals surface area (Å²) < 4.78 is 0. The van der Waals surface area contributed by atoms with Crippen LogP contribution in [0.25, 0.3) is 0 Å². The van der Waals surface area contributed by atoms with Gasteiger partial charge in [-0.1, -0.05) is 18.2 Å². The number of nitrogens with two attached hydrogens (primary N) is 2. The standard InChI is InChI=1S/C13H15N3O4/c14-10(17)6-5-9(13(19)20)16-11(15)7-3-1-2-4-8(7)12(16)18/h1-4,9,11H,5-6,15H2,(H2,14,17)(H,19,20). The van der Waals surface area contributed by atoms with Crippen molar-refractivity contribution in [1.82, 2.24) is 4.90 Å². The molecule has 2 amide bonds. The van der Waals surface area contributed by atoms with E-state index in [1.807, 2.05) is 0 Å². The van der Waals surface area contributed by atoms with Gasteiger partial charge < -0.3 is 21.5 Å². The van der Waals surface area contributed by atoms with Crippen LogP contribution >= 0.6 is 0 Å². The first-order chi connectivity index (χ1) is 9.43. The number of hydrogen-bond acceptors (Lipinski definition) is 4. The molecule has 1 aromatic rings. The molecule has 2 rings (SSSR count). The Morgan fingerprint density at radius 3 is 2.55 bits per heavy atom. The average Bonchev–Trinajstić information content (AvgIpc) is 2.64. The largest absolute Gasteiger partial charge is 0.480 e. The van der Waals surface area contributed by atoms with Gasteiger partial charge in [-0.05, 0) is 12.5 Å². The SMILES string of the molecule is NC(=O)CCC(C(=O)O)N1C(=O)c2ccccc2C1N. The Labute approximate surface area is 115 Å². The fraction of sp³-hybridized carbons (Fsp3) is 0.308. The van der Waals surface area contributed by atoms with E-state index in [1.165, 1.54) is 0 Å². The van der Waals surface area contributed by atoms with Gasteiger partial charge in [-0.3, -0.25) is 9.59 Å².